The number of aliphatic hydroxyl groups is 1. The Morgan fingerprint density at radius 2 is 2.29 bits per heavy atom. The van der Waals surface area contributed by atoms with Gasteiger partial charge in [0.25, 0.3) is 0 Å². The molecule has 21 heavy (non-hydrogen) atoms. The lowest BCUT2D eigenvalue weighted by molar-refractivity contribution is 0.102. The molecule has 2 aromatic heterocycles. The topological polar surface area (TPSA) is 36.4 Å². The quantitative estimate of drug-likeness (QED) is 0.928. The van der Waals surface area contributed by atoms with Gasteiger partial charge in [0, 0.05) is 18.5 Å². The Balaban J connectivity index is 1.72. The number of nitrogens with zero attached hydrogens (tertiary/aromatic N) is 2. The number of fused-ring (bicyclic) bond motifs is 1. The first-order valence-electron chi connectivity index (χ1n) is 7.36. The lowest BCUT2D eigenvalue weighted by Crippen LogP contribution is -2.24. The van der Waals surface area contributed by atoms with Gasteiger partial charge in [0.15, 0.2) is 5.13 Å². The molecule has 1 unspecified atom stereocenters. The van der Waals surface area contributed by atoms with Crippen molar-refractivity contribution in [2.24, 2.45) is 5.41 Å². The summed E-state index contributed by atoms with van der Waals surface area (Å²) in [6, 6.07) is 4.28. The van der Waals surface area contributed by atoms with E-state index in [-0.39, 0.29) is 11.5 Å². The van der Waals surface area contributed by atoms with Gasteiger partial charge in [-0.25, -0.2) is 4.98 Å². The highest BCUT2D eigenvalue weighted by Crippen LogP contribution is 2.44. The molecule has 0 bridgehead atoms. The predicted octanol–water partition coefficient (Wildman–Crippen LogP) is 3.89. The molecule has 1 aliphatic rings. The Bertz CT molecular complexity index is 604. The highest BCUT2D eigenvalue weighted by Gasteiger charge is 2.34. The minimum absolute atomic E-state index is 0.146. The van der Waals surface area contributed by atoms with Crippen LogP contribution in [0.1, 0.15) is 41.8 Å². The van der Waals surface area contributed by atoms with Crippen LogP contribution in [0.25, 0.3) is 0 Å². The van der Waals surface area contributed by atoms with Crippen molar-refractivity contribution >= 4 is 27.8 Å². The summed E-state index contributed by atoms with van der Waals surface area (Å²) in [5, 5.41) is 13.5. The second-order valence-electron chi connectivity index (χ2n) is 6.62. The SMILES string of the molecule is CN(CCc1cccs1)c1nc2c(s1)C(O)CC(C)(C)C2. The Kier molecular flexibility index (Phi) is 4.08. The van der Waals surface area contributed by atoms with Gasteiger partial charge in [-0.3, -0.25) is 0 Å². The van der Waals surface area contributed by atoms with E-state index in [4.69, 9.17) is 4.98 Å². The second kappa shape index (κ2) is 5.71. The van der Waals surface area contributed by atoms with E-state index in [1.807, 2.05) is 0 Å². The van der Waals surface area contributed by atoms with E-state index in [0.717, 1.165) is 41.5 Å². The molecule has 0 amide bonds. The fourth-order valence-corrected chi connectivity index (χ4v) is 4.62. The molecule has 1 aliphatic carbocycles. The third kappa shape index (κ3) is 3.30. The molecular weight excluding hydrogens is 300 g/mol. The average Bonchev–Trinajstić information content (AvgIpc) is 3.03. The molecule has 0 saturated heterocycles. The van der Waals surface area contributed by atoms with Crippen molar-refractivity contribution in [1.82, 2.24) is 4.98 Å². The van der Waals surface area contributed by atoms with Gasteiger partial charge in [-0.15, -0.1) is 11.3 Å². The summed E-state index contributed by atoms with van der Waals surface area (Å²) in [7, 11) is 2.09. The van der Waals surface area contributed by atoms with Crippen molar-refractivity contribution in [2.45, 2.75) is 39.2 Å². The first-order valence-corrected chi connectivity index (χ1v) is 9.05. The van der Waals surface area contributed by atoms with E-state index in [2.05, 4.69) is 43.3 Å². The van der Waals surface area contributed by atoms with Gasteiger partial charge in [0.05, 0.1) is 16.7 Å². The van der Waals surface area contributed by atoms with E-state index in [1.165, 1.54) is 4.88 Å². The maximum atomic E-state index is 10.3. The molecular formula is C16H22N2OS2. The third-order valence-electron chi connectivity index (χ3n) is 4.01. The average molecular weight is 322 g/mol. The summed E-state index contributed by atoms with van der Waals surface area (Å²) in [5.41, 5.74) is 1.24. The van der Waals surface area contributed by atoms with Gasteiger partial charge in [-0.05, 0) is 36.1 Å². The van der Waals surface area contributed by atoms with Gasteiger partial charge in [0.1, 0.15) is 0 Å². The first kappa shape index (κ1) is 15.0. The zero-order valence-electron chi connectivity index (χ0n) is 12.8. The Hall–Kier alpha value is -0.910. The number of anilines is 1. The zero-order valence-corrected chi connectivity index (χ0v) is 14.4. The largest absolute Gasteiger partial charge is 0.387 e. The van der Waals surface area contributed by atoms with Crippen molar-refractivity contribution in [2.75, 3.05) is 18.5 Å². The zero-order chi connectivity index (χ0) is 15.0. The van der Waals surface area contributed by atoms with Crippen LogP contribution in [-0.2, 0) is 12.8 Å². The summed E-state index contributed by atoms with van der Waals surface area (Å²) < 4.78 is 0. The van der Waals surface area contributed by atoms with Crippen LogP contribution in [0.15, 0.2) is 17.5 Å². The molecule has 114 valence electrons. The van der Waals surface area contributed by atoms with Crippen molar-refractivity contribution in [3.05, 3.63) is 33.0 Å². The summed E-state index contributed by atoms with van der Waals surface area (Å²) in [6.07, 6.45) is 2.50. The Morgan fingerprint density at radius 1 is 1.48 bits per heavy atom. The van der Waals surface area contributed by atoms with Crippen LogP contribution in [0.5, 0.6) is 0 Å². The van der Waals surface area contributed by atoms with Crippen LogP contribution in [0, 0.1) is 5.41 Å². The molecule has 0 saturated carbocycles. The molecule has 3 nitrogen and oxygen atoms in total. The van der Waals surface area contributed by atoms with E-state index < -0.39 is 0 Å². The Morgan fingerprint density at radius 3 is 3.00 bits per heavy atom. The summed E-state index contributed by atoms with van der Waals surface area (Å²) in [6.45, 7) is 5.38. The highest BCUT2D eigenvalue weighted by atomic mass is 32.1. The third-order valence-corrected chi connectivity index (χ3v) is 6.26. The van der Waals surface area contributed by atoms with Gasteiger partial charge in [0.2, 0.25) is 0 Å². The van der Waals surface area contributed by atoms with Gasteiger partial charge in [-0.2, -0.15) is 0 Å². The second-order valence-corrected chi connectivity index (χ2v) is 8.66. The number of hydrogen-bond acceptors (Lipinski definition) is 5. The molecule has 0 radical (unpaired) electrons. The maximum Gasteiger partial charge on any atom is 0.185 e. The number of thiophene rings is 1. The standard InChI is InChI=1S/C16H22N2OS2/c1-16(2)9-12-14(13(19)10-16)21-15(17-12)18(3)7-6-11-5-4-8-20-11/h4-5,8,13,19H,6-7,9-10H2,1-3H3. The Labute approximate surface area is 134 Å². The molecule has 0 aromatic carbocycles. The van der Waals surface area contributed by atoms with E-state index in [9.17, 15) is 5.11 Å². The lowest BCUT2D eigenvalue weighted by atomic mass is 9.77. The number of likely N-dealkylation sites (N-methyl/N-ethyl adjacent to an activating group) is 1. The molecule has 0 aliphatic heterocycles. The molecule has 1 N–H and O–H groups in total. The van der Waals surface area contributed by atoms with Crippen molar-refractivity contribution in [1.29, 1.82) is 0 Å². The van der Waals surface area contributed by atoms with E-state index >= 15 is 0 Å². The number of rotatable bonds is 4. The predicted molar refractivity (Wildman–Crippen MR) is 90.5 cm³/mol. The first-order chi connectivity index (χ1) is 9.94. The molecule has 0 spiro atoms. The monoisotopic (exact) mass is 322 g/mol. The molecule has 1 atom stereocenters. The fourth-order valence-electron chi connectivity index (χ4n) is 2.87. The number of aromatic nitrogens is 1. The van der Waals surface area contributed by atoms with Crippen LogP contribution in [0.4, 0.5) is 5.13 Å². The van der Waals surface area contributed by atoms with Crippen LogP contribution in [0.2, 0.25) is 0 Å². The lowest BCUT2D eigenvalue weighted by Gasteiger charge is -2.31. The minimum Gasteiger partial charge on any atom is -0.387 e. The van der Waals surface area contributed by atoms with Gasteiger partial charge >= 0.3 is 0 Å². The number of thiazole rings is 1. The van der Waals surface area contributed by atoms with Gasteiger partial charge in [-0.1, -0.05) is 31.3 Å². The molecule has 2 heterocycles. The van der Waals surface area contributed by atoms with E-state index in [1.54, 1.807) is 22.7 Å². The summed E-state index contributed by atoms with van der Waals surface area (Å²) in [4.78, 5) is 9.48. The van der Waals surface area contributed by atoms with Crippen LogP contribution in [0.3, 0.4) is 0 Å². The molecule has 3 rings (SSSR count). The van der Waals surface area contributed by atoms with Crippen molar-refractivity contribution < 1.29 is 5.11 Å². The molecule has 5 heteroatoms. The van der Waals surface area contributed by atoms with Crippen molar-refractivity contribution in [3.8, 4) is 0 Å². The molecule has 2 aromatic rings. The van der Waals surface area contributed by atoms with Crippen LogP contribution >= 0.6 is 22.7 Å². The molecule has 0 fully saturated rings. The van der Waals surface area contributed by atoms with Gasteiger partial charge < -0.3 is 10.0 Å². The minimum atomic E-state index is -0.347. The number of aliphatic hydroxyl groups excluding tert-OH is 1. The number of hydrogen-bond donors (Lipinski definition) is 1. The highest BCUT2D eigenvalue weighted by molar-refractivity contribution is 7.15. The van der Waals surface area contributed by atoms with Crippen LogP contribution < -0.4 is 4.90 Å². The maximum absolute atomic E-state index is 10.3. The fraction of sp³-hybridized carbons (Fsp3) is 0.562. The summed E-state index contributed by atoms with van der Waals surface area (Å²) in [5.74, 6) is 0. The smallest absolute Gasteiger partial charge is 0.185 e. The van der Waals surface area contributed by atoms with E-state index in [0.29, 0.717) is 0 Å². The van der Waals surface area contributed by atoms with Crippen LogP contribution in [-0.4, -0.2) is 23.7 Å². The van der Waals surface area contributed by atoms with Crippen molar-refractivity contribution in [3.63, 3.8) is 0 Å². The summed E-state index contributed by atoms with van der Waals surface area (Å²) >= 11 is 3.46. The normalized spacial score (nSPS) is 20.3.